The molecule has 1 atom stereocenters. The SMILES string of the molecule is CCNC(=NCC1Cc2ccccc2O1)NCCCNC(=O)c1occc1C. The van der Waals surface area contributed by atoms with Crippen LogP contribution in [-0.2, 0) is 6.42 Å². The molecular formula is C21H28N4O3. The maximum absolute atomic E-state index is 12.0. The number of para-hydroxylation sites is 1. The molecule has 3 rings (SSSR count). The number of aliphatic imine (C=N–C) groups is 1. The van der Waals surface area contributed by atoms with Gasteiger partial charge in [0.05, 0.1) is 12.8 Å². The fourth-order valence-electron chi connectivity index (χ4n) is 3.07. The monoisotopic (exact) mass is 384 g/mol. The molecule has 7 heteroatoms. The van der Waals surface area contributed by atoms with E-state index in [0.717, 1.165) is 36.7 Å². The fraction of sp³-hybridized carbons (Fsp3) is 0.429. The van der Waals surface area contributed by atoms with Crippen molar-refractivity contribution in [3.05, 3.63) is 53.5 Å². The molecule has 0 radical (unpaired) electrons. The van der Waals surface area contributed by atoms with Gasteiger partial charge in [-0.3, -0.25) is 4.79 Å². The Morgan fingerprint density at radius 1 is 1.18 bits per heavy atom. The zero-order valence-corrected chi connectivity index (χ0v) is 16.5. The van der Waals surface area contributed by atoms with Crippen molar-refractivity contribution >= 4 is 11.9 Å². The first kappa shape index (κ1) is 19.8. The normalized spacial score (nSPS) is 15.6. The summed E-state index contributed by atoms with van der Waals surface area (Å²) in [7, 11) is 0. The second-order valence-electron chi connectivity index (χ2n) is 6.74. The summed E-state index contributed by atoms with van der Waals surface area (Å²) in [5.41, 5.74) is 2.08. The summed E-state index contributed by atoms with van der Waals surface area (Å²) in [5, 5.41) is 9.40. The number of hydrogen-bond acceptors (Lipinski definition) is 4. The summed E-state index contributed by atoms with van der Waals surface area (Å²) in [5.74, 6) is 1.92. The van der Waals surface area contributed by atoms with Gasteiger partial charge in [-0.05, 0) is 38.0 Å². The van der Waals surface area contributed by atoms with Crippen LogP contribution in [-0.4, -0.2) is 44.1 Å². The molecule has 7 nitrogen and oxygen atoms in total. The minimum absolute atomic E-state index is 0.0729. The van der Waals surface area contributed by atoms with Crippen molar-refractivity contribution in [2.75, 3.05) is 26.2 Å². The van der Waals surface area contributed by atoms with Gasteiger partial charge in [-0.25, -0.2) is 4.99 Å². The Morgan fingerprint density at radius 2 is 2.00 bits per heavy atom. The van der Waals surface area contributed by atoms with Crippen LogP contribution in [0.3, 0.4) is 0 Å². The third kappa shape index (κ3) is 5.28. The number of carbonyl (C=O) groups excluding carboxylic acids is 1. The highest BCUT2D eigenvalue weighted by Gasteiger charge is 2.21. The summed E-state index contributed by atoms with van der Waals surface area (Å²) < 4.78 is 11.1. The number of nitrogens with zero attached hydrogens (tertiary/aromatic N) is 1. The average molecular weight is 384 g/mol. The van der Waals surface area contributed by atoms with E-state index >= 15 is 0 Å². The highest BCUT2D eigenvalue weighted by molar-refractivity contribution is 5.92. The van der Waals surface area contributed by atoms with E-state index < -0.39 is 0 Å². The van der Waals surface area contributed by atoms with Gasteiger partial charge in [-0.2, -0.15) is 0 Å². The van der Waals surface area contributed by atoms with Gasteiger partial charge in [0.1, 0.15) is 11.9 Å². The van der Waals surface area contributed by atoms with Crippen LogP contribution < -0.4 is 20.7 Å². The Labute approximate surface area is 165 Å². The van der Waals surface area contributed by atoms with E-state index in [1.165, 1.54) is 11.8 Å². The quantitative estimate of drug-likeness (QED) is 0.369. The van der Waals surface area contributed by atoms with Gasteiger partial charge in [0.25, 0.3) is 5.91 Å². The van der Waals surface area contributed by atoms with Crippen molar-refractivity contribution in [2.24, 2.45) is 4.99 Å². The number of nitrogens with one attached hydrogen (secondary N) is 3. The van der Waals surface area contributed by atoms with Crippen LogP contribution in [0.15, 0.2) is 46.0 Å². The van der Waals surface area contributed by atoms with Crippen LogP contribution in [0.5, 0.6) is 5.75 Å². The van der Waals surface area contributed by atoms with Crippen LogP contribution in [0.1, 0.15) is 35.0 Å². The lowest BCUT2D eigenvalue weighted by Crippen LogP contribution is -2.39. The molecule has 0 bridgehead atoms. The summed E-state index contributed by atoms with van der Waals surface area (Å²) >= 11 is 0. The fourth-order valence-corrected chi connectivity index (χ4v) is 3.07. The van der Waals surface area contributed by atoms with Crippen molar-refractivity contribution in [3.8, 4) is 5.75 Å². The number of rotatable bonds is 8. The molecule has 28 heavy (non-hydrogen) atoms. The predicted octanol–water partition coefficient (Wildman–Crippen LogP) is 2.27. The molecule has 1 aromatic carbocycles. The van der Waals surface area contributed by atoms with Crippen LogP contribution in [0.2, 0.25) is 0 Å². The molecule has 1 amide bonds. The molecule has 0 saturated heterocycles. The number of furan rings is 1. The second-order valence-corrected chi connectivity index (χ2v) is 6.74. The van der Waals surface area contributed by atoms with Gasteiger partial charge >= 0.3 is 0 Å². The van der Waals surface area contributed by atoms with Gasteiger partial charge < -0.3 is 25.1 Å². The van der Waals surface area contributed by atoms with Gasteiger partial charge in [-0.15, -0.1) is 0 Å². The molecule has 1 aromatic heterocycles. The largest absolute Gasteiger partial charge is 0.488 e. The van der Waals surface area contributed by atoms with Crippen molar-refractivity contribution in [1.29, 1.82) is 0 Å². The lowest BCUT2D eigenvalue weighted by molar-refractivity contribution is 0.0925. The first-order valence-electron chi connectivity index (χ1n) is 9.76. The lowest BCUT2D eigenvalue weighted by atomic mass is 10.1. The minimum Gasteiger partial charge on any atom is -0.488 e. The van der Waals surface area contributed by atoms with E-state index in [1.54, 1.807) is 6.07 Å². The van der Waals surface area contributed by atoms with E-state index in [9.17, 15) is 4.79 Å². The lowest BCUT2D eigenvalue weighted by Gasteiger charge is -2.13. The van der Waals surface area contributed by atoms with E-state index in [4.69, 9.17) is 9.15 Å². The van der Waals surface area contributed by atoms with Crippen molar-refractivity contribution in [3.63, 3.8) is 0 Å². The molecular weight excluding hydrogens is 356 g/mol. The van der Waals surface area contributed by atoms with E-state index in [1.807, 2.05) is 32.0 Å². The maximum Gasteiger partial charge on any atom is 0.287 e. The van der Waals surface area contributed by atoms with Crippen molar-refractivity contribution in [1.82, 2.24) is 16.0 Å². The number of guanidine groups is 1. The number of carbonyl (C=O) groups is 1. The van der Waals surface area contributed by atoms with Crippen LogP contribution >= 0.6 is 0 Å². The van der Waals surface area contributed by atoms with Gasteiger partial charge in [0.2, 0.25) is 0 Å². The summed E-state index contributed by atoms with van der Waals surface area (Å²) in [6.45, 7) is 6.53. The smallest absolute Gasteiger partial charge is 0.287 e. The molecule has 2 heterocycles. The molecule has 1 aliphatic rings. The molecule has 150 valence electrons. The molecule has 2 aromatic rings. The molecule has 1 aliphatic heterocycles. The number of benzene rings is 1. The second kappa shape index (κ2) is 9.82. The number of aryl methyl sites for hydroxylation is 1. The Balaban J connectivity index is 1.38. The Hall–Kier alpha value is -2.96. The van der Waals surface area contributed by atoms with Crippen LogP contribution in [0.4, 0.5) is 0 Å². The number of hydrogen-bond donors (Lipinski definition) is 3. The standard InChI is InChI=1S/C21H28N4O3/c1-3-22-21(25-14-17-13-16-7-4-5-8-18(16)28-17)24-11-6-10-23-20(26)19-15(2)9-12-27-19/h4-5,7-9,12,17H,3,6,10-11,13-14H2,1-2H3,(H,23,26)(H2,22,24,25). The Morgan fingerprint density at radius 3 is 2.75 bits per heavy atom. The Kier molecular flexibility index (Phi) is 6.94. The first-order chi connectivity index (χ1) is 13.7. The summed E-state index contributed by atoms with van der Waals surface area (Å²) in [6.07, 6.45) is 3.26. The van der Waals surface area contributed by atoms with Gasteiger partial charge in [0, 0.05) is 31.6 Å². The predicted molar refractivity (Wildman–Crippen MR) is 109 cm³/mol. The highest BCUT2D eigenvalue weighted by Crippen LogP contribution is 2.28. The third-order valence-electron chi connectivity index (χ3n) is 4.51. The van der Waals surface area contributed by atoms with Crippen molar-refractivity contribution < 1.29 is 13.9 Å². The molecule has 1 unspecified atom stereocenters. The molecule has 3 N–H and O–H groups in total. The maximum atomic E-state index is 12.0. The minimum atomic E-state index is -0.180. The third-order valence-corrected chi connectivity index (χ3v) is 4.51. The Bertz CT molecular complexity index is 790. The number of ether oxygens (including phenoxy) is 1. The molecule has 0 fully saturated rings. The number of amides is 1. The van der Waals surface area contributed by atoms with E-state index in [-0.39, 0.29) is 12.0 Å². The zero-order valence-electron chi connectivity index (χ0n) is 16.5. The van der Waals surface area contributed by atoms with Crippen molar-refractivity contribution in [2.45, 2.75) is 32.8 Å². The molecule has 0 spiro atoms. The zero-order chi connectivity index (χ0) is 19.8. The first-order valence-corrected chi connectivity index (χ1v) is 9.76. The van der Waals surface area contributed by atoms with E-state index in [2.05, 4.69) is 27.0 Å². The topological polar surface area (TPSA) is 87.9 Å². The van der Waals surface area contributed by atoms with Crippen LogP contribution in [0.25, 0.3) is 0 Å². The molecule has 0 saturated carbocycles. The number of fused-ring (bicyclic) bond motifs is 1. The van der Waals surface area contributed by atoms with E-state index in [0.29, 0.717) is 25.4 Å². The summed E-state index contributed by atoms with van der Waals surface area (Å²) in [6, 6.07) is 9.90. The van der Waals surface area contributed by atoms with Gasteiger partial charge in [-0.1, -0.05) is 18.2 Å². The highest BCUT2D eigenvalue weighted by atomic mass is 16.5. The summed E-state index contributed by atoms with van der Waals surface area (Å²) in [4.78, 5) is 16.6. The molecule has 0 aliphatic carbocycles. The average Bonchev–Trinajstić information content (AvgIpc) is 3.31. The van der Waals surface area contributed by atoms with Gasteiger partial charge in [0.15, 0.2) is 11.7 Å². The van der Waals surface area contributed by atoms with Crippen LogP contribution in [0, 0.1) is 6.92 Å².